The fraction of sp³-hybridized carbons (Fsp3) is 0.300. The molecule has 0 amide bonds. The minimum atomic E-state index is -0.0452. The van der Waals surface area contributed by atoms with Crippen LogP contribution in [0.4, 0.5) is 0 Å². The molecule has 0 aliphatic carbocycles. The van der Waals surface area contributed by atoms with E-state index in [2.05, 4.69) is 6.07 Å². The summed E-state index contributed by atoms with van der Waals surface area (Å²) in [5.74, 6) is 0.806. The molecule has 0 saturated carbocycles. The summed E-state index contributed by atoms with van der Waals surface area (Å²) in [7, 11) is 1.65. The Morgan fingerprint density at radius 2 is 2.04 bits per heavy atom. The average molecular weight is 333 g/mol. The van der Waals surface area contributed by atoms with Crippen molar-refractivity contribution in [3.63, 3.8) is 0 Å². The third kappa shape index (κ3) is 2.86. The Balaban J connectivity index is 1.88. The van der Waals surface area contributed by atoms with Gasteiger partial charge in [-0.05, 0) is 61.7 Å². The van der Waals surface area contributed by atoms with Crippen molar-refractivity contribution in [2.24, 2.45) is 0 Å². The van der Waals surface area contributed by atoms with E-state index in [-0.39, 0.29) is 6.23 Å². The van der Waals surface area contributed by atoms with Gasteiger partial charge >= 0.3 is 0 Å². The van der Waals surface area contributed by atoms with Gasteiger partial charge in [-0.25, -0.2) is 4.68 Å². The zero-order chi connectivity index (χ0) is 17.2. The molecular formula is C20H19N3O2. The van der Waals surface area contributed by atoms with E-state index >= 15 is 0 Å². The molecule has 1 unspecified atom stereocenters. The largest absolute Gasteiger partial charge is 0.497 e. The number of benzene rings is 2. The van der Waals surface area contributed by atoms with Crippen molar-refractivity contribution < 1.29 is 9.47 Å². The molecule has 3 aromatic rings. The molecule has 1 aliphatic rings. The zero-order valence-corrected chi connectivity index (χ0v) is 14.1. The van der Waals surface area contributed by atoms with Crippen LogP contribution in [0.2, 0.25) is 0 Å². The highest BCUT2D eigenvalue weighted by atomic mass is 16.5. The molecule has 126 valence electrons. The van der Waals surface area contributed by atoms with Crippen LogP contribution >= 0.6 is 0 Å². The van der Waals surface area contributed by atoms with Crippen molar-refractivity contribution in [2.75, 3.05) is 13.7 Å². The molecule has 1 fully saturated rings. The van der Waals surface area contributed by atoms with Gasteiger partial charge in [0.1, 0.15) is 11.4 Å². The maximum atomic E-state index is 9.26. The van der Waals surface area contributed by atoms with Gasteiger partial charge < -0.3 is 9.47 Å². The van der Waals surface area contributed by atoms with Crippen molar-refractivity contribution in [1.29, 1.82) is 5.26 Å². The normalized spacial score (nSPS) is 17.4. The van der Waals surface area contributed by atoms with Crippen LogP contribution in [0.25, 0.3) is 22.2 Å². The molecule has 1 saturated heterocycles. The maximum absolute atomic E-state index is 9.26. The van der Waals surface area contributed by atoms with Crippen LogP contribution in [0.5, 0.6) is 5.75 Å². The number of hydrogen-bond donors (Lipinski definition) is 0. The van der Waals surface area contributed by atoms with E-state index in [0.29, 0.717) is 5.56 Å². The zero-order valence-electron chi connectivity index (χ0n) is 14.1. The molecule has 1 atom stereocenters. The number of rotatable bonds is 3. The minimum absolute atomic E-state index is 0.0452. The summed E-state index contributed by atoms with van der Waals surface area (Å²) in [5, 5.41) is 15.1. The lowest BCUT2D eigenvalue weighted by Crippen LogP contribution is -2.19. The third-order valence-electron chi connectivity index (χ3n) is 4.63. The minimum Gasteiger partial charge on any atom is -0.497 e. The first kappa shape index (κ1) is 15.7. The van der Waals surface area contributed by atoms with Crippen molar-refractivity contribution in [2.45, 2.75) is 25.5 Å². The summed E-state index contributed by atoms with van der Waals surface area (Å²) in [6.07, 6.45) is 3.15. The van der Waals surface area contributed by atoms with Crippen LogP contribution in [0.1, 0.15) is 31.1 Å². The van der Waals surface area contributed by atoms with E-state index in [1.807, 2.05) is 47.1 Å². The van der Waals surface area contributed by atoms with Crippen LogP contribution in [0, 0.1) is 11.3 Å². The third-order valence-corrected chi connectivity index (χ3v) is 4.63. The average Bonchev–Trinajstić information content (AvgIpc) is 3.07. The summed E-state index contributed by atoms with van der Waals surface area (Å²) >= 11 is 0. The Kier molecular flexibility index (Phi) is 4.12. The van der Waals surface area contributed by atoms with E-state index in [1.165, 1.54) is 0 Å². The topological polar surface area (TPSA) is 60.1 Å². The van der Waals surface area contributed by atoms with Crippen LogP contribution in [-0.2, 0) is 4.74 Å². The first-order chi connectivity index (χ1) is 12.3. The Morgan fingerprint density at radius 3 is 2.72 bits per heavy atom. The molecule has 4 rings (SSSR count). The Morgan fingerprint density at radius 1 is 1.20 bits per heavy atom. The standard InChI is InChI=1S/C20H19N3O2/c1-24-16-8-6-15(7-9-16)20-17-12-14(13-21)5-10-18(17)23(22-20)19-4-2-3-11-25-19/h5-10,12,19H,2-4,11H2,1H3. The van der Waals surface area contributed by atoms with Crippen LogP contribution in [-0.4, -0.2) is 23.5 Å². The molecule has 2 aromatic carbocycles. The van der Waals surface area contributed by atoms with Gasteiger partial charge in [0.05, 0.1) is 24.3 Å². The van der Waals surface area contributed by atoms with Gasteiger partial charge in [0, 0.05) is 17.6 Å². The predicted molar refractivity (Wildman–Crippen MR) is 95.3 cm³/mol. The smallest absolute Gasteiger partial charge is 0.150 e. The van der Waals surface area contributed by atoms with Gasteiger partial charge in [-0.3, -0.25) is 0 Å². The van der Waals surface area contributed by atoms with Gasteiger partial charge in [-0.15, -0.1) is 0 Å². The van der Waals surface area contributed by atoms with E-state index in [1.54, 1.807) is 7.11 Å². The fourth-order valence-electron chi connectivity index (χ4n) is 3.31. The van der Waals surface area contributed by atoms with Gasteiger partial charge in [0.2, 0.25) is 0 Å². The van der Waals surface area contributed by atoms with Gasteiger partial charge in [0.15, 0.2) is 6.23 Å². The summed E-state index contributed by atoms with van der Waals surface area (Å²) in [6, 6.07) is 15.7. The molecule has 2 heterocycles. The molecule has 0 spiro atoms. The quantitative estimate of drug-likeness (QED) is 0.717. The first-order valence-corrected chi connectivity index (χ1v) is 8.48. The molecule has 5 nitrogen and oxygen atoms in total. The van der Waals surface area contributed by atoms with Gasteiger partial charge in [0.25, 0.3) is 0 Å². The summed E-state index contributed by atoms with van der Waals surface area (Å²) < 4.78 is 13.1. The summed E-state index contributed by atoms with van der Waals surface area (Å²) in [6.45, 7) is 0.764. The van der Waals surface area contributed by atoms with Crippen LogP contribution < -0.4 is 4.74 Å². The van der Waals surface area contributed by atoms with Crippen molar-refractivity contribution in [1.82, 2.24) is 9.78 Å². The monoisotopic (exact) mass is 333 g/mol. The molecule has 25 heavy (non-hydrogen) atoms. The number of nitrogens with zero attached hydrogens (tertiary/aromatic N) is 3. The second-order valence-electron chi connectivity index (χ2n) is 6.19. The van der Waals surface area contributed by atoms with Crippen molar-refractivity contribution >= 4 is 10.9 Å². The molecule has 1 aliphatic heterocycles. The van der Waals surface area contributed by atoms with E-state index in [0.717, 1.165) is 53.8 Å². The van der Waals surface area contributed by atoms with E-state index < -0.39 is 0 Å². The highest BCUT2D eigenvalue weighted by Crippen LogP contribution is 2.33. The van der Waals surface area contributed by atoms with E-state index in [9.17, 15) is 5.26 Å². The summed E-state index contributed by atoms with van der Waals surface area (Å²) in [4.78, 5) is 0. The molecule has 5 heteroatoms. The molecule has 0 bridgehead atoms. The SMILES string of the molecule is COc1ccc(-c2nn(C3CCCCO3)c3ccc(C#N)cc23)cc1. The Hall–Kier alpha value is -2.84. The first-order valence-electron chi connectivity index (χ1n) is 8.48. The molecule has 1 aromatic heterocycles. The lowest BCUT2D eigenvalue weighted by atomic mass is 10.1. The summed E-state index contributed by atoms with van der Waals surface area (Å²) in [5.41, 5.74) is 3.49. The van der Waals surface area contributed by atoms with E-state index in [4.69, 9.17) is 14.6 Å². The second-order valence-corrected chi connectivity index (χ2v) is 6.19. The van der Waals surface area contributed by atoms with Gasteiger partial charge in [-0.2, -0.15) is 10.4 Å². The molecular weight excluding hydrogens is 314 g/mol. The number of fused-ring (bicyclic) bond motifs is 1. The lowest BCUT2D eigenvalue weighted by Gasteiger charge is -2.23. The predicted octanol–water partition coefficient (Wildman–Crippen LogP) is 4.28. The fourth-order valence-corrected chi connectivity index (χ4v) is 3.31. The molecule has 0 N–H and O–H groups in total. The number of aromatic nitrogens is 2. The van der Waals surface area contributed by atoms with Crippen LogP contribution in [0.3, 0.4) is 0 Å². The Labute approximate surface area is 146 Å². The van der Waals surface area contributed by atoms with Crippen LogP contribution in [0.15, 0.2) is 42.5 Å². The maximum Gasteiger partial charge on any atom is 0.150 e. The van der Waals surface area contributed by atoms with Gasteiger partial charge in [-0.1, -0.05) is 0 Å². The van der Waals surface area contributed by atoms with Crippen molar-refractivity contribution in [3.05, 3.63) is 48.0 Å². The number of methoxy groups -OCH3 is 1. The second kappa shape index (κ2) is 6.58. The number of ether oxygens (including phenoxy) is 2. The Bertz CT molecular complexity index is 932. The van der Waals surface area contributed by atoms with Crippen molar-refractivity contribution in [3.8, 4) is 23.1 Å². The highest BCUT2D eigenvalue weighted by molar-refractivity contribution is 5.94. The highest BCUT2D eigenvalue weighted by Gasteiger charge is 2.21. The lowest BCUT2D eigenvalue weighted by molar-refractivity contribution is -0.0365. The molecule has 0 radical (unpaired) electrons. The number of nitriles is 1. The number of hydrogen-bond acceptors (Lipinski definition) is 4.